The van der Waals surface area contributed by atoms with Gasteiger partial charge in [0, 0.05) is 31.1 Å². The molecule has 0 atom stereocenters. The third-order valence-electron chi connectivity index (χ3n) is 3.18. The summed E-state index contributed by atoms with van der Waals surface area (Å²) < 4.78 is 5.33. The minimum atomic E-state index is 0.676. The molecule has 0 amide bonds. The number of thioether (sulfide) groups is 1. The Morgan fingerprint density at radius 3 is 2.84 bits per heavy atom. The summed E-state index contributed by atoms with van der Waals surface area (Å²) in [5.74, 6) is 3.88. The highest BCUT2D eigenvalue weighted by Crippen LogP contribution is 2.17. The largest absolute Gasteiger partial charge is 0.496 e. The first-order valence-corrected chi connectivity index (χ1v) is 7.71. The molecule has 0 saturated carbocycles. The molecule has 1 aliphatic rings. The molecule has 5 heteroatoms. The van der Waals surface area contributed by atoms with Gasteiger partial charge >= 0.3 is 0 Å². The van der Waals surface area contributed by atoms with Gasteiger partial charge < -0.3 is 15.4 Å². The molecule has 4 nitrogen and oxygen atoms in total. The van der Waals surface area contributed by atoms with E-state index < -0.39 is 0 Å². The quantitative estimate of drug-likeness (QED) is 0.672. The monoisotopic (exact) mass is 279 g/mol. The Morgan fingerprint density at radius 1 is 1.37 bits per heavy atom. The van der Waals surface area contributed by atoms with Gasteiger partial charge in [-0.1, -0.05) is 18.2 Å². The van der Waals surface area contributed by atoms with E-state index >= 15 is 0 Å². The number of nitrogens with zero attached hydrogens (tertiary/aromatic N) is 2. The van der Waals surface area contributed by atoms with E-state index in [-0.39, 0.29) is 0 Å². The molecule has 0 bridgehead atoms. The molecule has 2 rings (SSSR count). The number of guanidine groups is 1. The zero-order valence-corrected chi connectivity index (χ0v) is 12.2. The fraction of sp³-hybridized carbons (Fsp3) is 0.500. The van der Waals surface area contributed by atoms with Gasteiger partial charge in [0.25, 0.3) is 0 Å². The predicted molar refractivity (Wildman–Crippen MR) is 82.1 cm³/mol. The summed E-state index contributed by atoms with van der Waals surface area (Å²) >= 11 is 1.97. The zero-order chi connectivity index (χ0) is 13.5. The topological polar surface area (TPSA) is 50.9 Å². The fourth-order valence-corrected chi connectivity index (χ4v) is 3.00. The molecule has 1 aromatic rings. The molecule has 0 unspecified atom stereocenters. The van der Waals surface area contributed by atoms with Crippen LogP contribution in [0.2, 0.25) is 0 Å². The van der Waals surface area contributed by atoms with E-state index in [1.165, 1.54) is 5.56 Å². The van der Waals surface area contributed by atoms with Crippen molar-refractivity contribution < 1.29 is 4.74 Å². The van der Waals surface area contributed by atoms with Crippen LogP contribution in [-0.2, 0) is 6.42 Å². The summed E-state index contributed by atoms with van der Waals surface area (Å²) in [6, 6.07) is 8.05. The van der Waals surface area contributed by atoms with E-state index in [9.17, 15) is 0 Å². The van der Waals surface area contributed by atoms with Gasteiger partial charge in [-0.2, -0.15) is 11.8 Å². The number of hydrogen-bond donors (Lipinski definition) is 1. The van der Waals surface area contributed by atoms with Crippen LogP contribution in [0.3, 0.4) is 0 Å². The smallest absolute Gasteiger partial charge is 0.191 e. The summed E-state index contributed by atoms with van der Waals surface area (Å²) in [6.45, 7) is 2.72. The Morgan fingerprint density at radius 2 is 2.11 bits per heavy atom. The highest BCUT2D eigenvalue weighted by molar-refractivity contribution is 7.99. The van der Waals surface area contributed by atoms with Gasteiger partial charge in [0.1, 0.15) is 5.75 Å². The van der Waals surface area contributed by atoms with Crippen LogP contribution in [0.1, 0.15) is 5.56 Å². The first-order valence-electron chi connectivity index (χ1n) is 6.56. The minimum Gasteiger partial charge on any atom is -0.496 e. The Kier molecular flexibility index (Phi) is 5.39. The number of para-hydroxylation sites is 1. The third-order valence-corrected chi connectivity index (χ3v) is 4.13. The van der Waals surface area contributed by atoms with Gasteiger partial charge in [0.2, 0.25) is 0 Å². The lowest BCUT2D eigenvalue weighted by Crippen LogP contribution is -2.42. The summed E-state index contributed by atoms with van der Waals surface area (Å²) in [5, 5.41) is 0. The first-order chi connectivity index (χ1) is 9.31. The van der Waals surface area contributed by atoms with Crippen LogP contribution in [0.25, 0.3) is 0 Å². The van der Waals surface area contributed by atoms with E-state index in [0.29, 0.717) is 12.5 Å². The van der Waals surface area contributed by atoms with E-state index in [2.05, 4.69) is 16.0 Å². The number of ether oxygens (including phenoxy) is 1. The average molecular weight is 279 g/mol. The minimum absolute atomic E-state index is 0.676. The Bertz CT molecular complexity index is 430. The molecule has 19 heavy (non-hydrogen) atoms. The van der Waals surface area contributed by atoms with Crippen molar-refractivity contribution >= 4 is 17.7 Å². The number of hydrogen-bond acceptors (Lipinski definition) is 3. The van der Waals surface area contributed by atoms with E-state index in [1.807, 2.05) is 30.0 Å². The number of methoxy groups -OCH3 is 1. The van der Waals surface area contributed by atoms with Gasteiger partial charge in [0.05, 0.1) is 7.11 Å². The molecule has 0 radical (unpaired) electrons. The summed E-state index contributed by atoms with van der Waals surface area (Å²) in [7, 11) is 1.70. The lowest BCUT2D eigenvalue weighted by Gasteiger charge is -2.27. The first kappa shape index (κ1) is 14.1. The second-order valence-electron chi connectivity index (χ2n) is 4.40. The SMILES string of the molecule is COc1ccccc1CCN=C(N)N1CCSCC1. The molecular formula is C14H21N3OS. The molecule has 104 valence electrons. The Labute approximate surface area is 119 Å². The molecule has 1 aliphatic heterocycles. The average Bonchev–Trinajstić information content (AvgIpc) is 2.48. The van der Waals surface area contributed by atoms with Crippen molar-refractivity contribution in [2.45, 2.75) is 6.42 Å². The van der Waals surface area contributed by atoms with Crippen molar-refractivity contribution in [3.05, 3.63) is 29.8 Å². The fourth-order valence-electron chi connectivity index (χ4n) is 2.09. The standard InChI is InChI=1S/C14H21N3OS/c1-18-13-5-3-2-4-12(13)6-7-16-14(15)17-8-10-19-11-9-17/h2-5H,6-11H2,1H3,(H2,15,16). The summed E-state index contributed by atoms with van der Waals surface area (Å²) in [6.07, 6.45) is 0.854. The van der Waals surface area contributed by atoms with Crippen LogP contribution < -0.4 is 10.5 Å². The molecule has 2 N–H and O–H groups in total. The van der Waals surface area contributed by atoms with Crippen LogP contribution in [0.4, 0.5) is 0 Å². The maximum absolute atomic E-state index is 6.02. The maximum Gasteiger partial charge on any atom is 0.191 e. The highest BCUT2D eigenvalue weighted by atomic mass is 32.2. The van der Waals surface area contributed by atoms with Gasteiger partial charge in [0.15, 0.2) is 5.96 Å². The highest BCUT2D eigenvalue weighted by Gasteiger charge is 2.11. The molecule has 1 fully saturated rings. The molecule has 0 aromatic heterocycles. The van der Waals surface area contributed by atoms with Crippen LogP contribution >= 0.6 is 11.8 Å². The molecule has 1 aromatic carbocycles. The van der Waals surface area contributed by atoms with Crippen LogP contribution in [-0.4, -0.2) is 49.1 Å². The number of aliphatic imine (C=N–C) groups is 1. The molecule has 1 heterocycles. The van der Waals surface area contributed by atoms with Crippen LogP contribution in [0, 0.1) is 0 Å². The van der Waals surface area contributed by atoms with Crippen LogP contribution in [0.15, 0.2) is 29.3 Å². The van der Waals surface area contributed by atoms with Gasteiger partial charge in [-0.05, 0) is 18.1 Å². The Balaban J connectivity index is 1.87. The van der Waals surface area contributed by atoms with E-state index in [1.54, 1.807) is 7.11 Å². The van der Waals surface area contributed by atoms with Crippen molar-refractivity contribution in [1.82, 2.24) is 4.90 Å². The normalized spacial score (nSPS) is 16.5. The van der Waals surface area contributed by atoms with E-state index in [4.69, 9.17) is 10.5 Å². The number of rotatable bonds is 4. The molecule has 0 aliphatic carbocycles. The maximum atomic E-state index is 6.02. The lowest BCUT2D eigenvalue weighted by atomic mass is 10.1. The van der Waals surface area contributed by atoms with E-state index in [0.717, 1.165) is 36.8 Å². The number of benzene rings is 1. The molecule has 0 spiro atoms. The second kappa shape index (κ2) is 7.28. The number of nitrogens with two attached hydrogens (primary N) is 1. The van der Waals surface area contributed by atoms with Gasteiger partial charge in [-0.15, -0.1) is 0 Å². The lowest BCUT2D eigenvalue weighted by molar-refractivity contribution is 0.409. The third kappa shape index (κ3) is 4.06. The second-order valence-corrected chi connectivity index (χ2v) is 5.63. The van der Waals surface area contributed by atoms with Crippen molar-refractivity contribution in [2.75, 3.05) is 38.2 Å². The van der Waals surface area contributed by atoms with Crippen molar-refractivity contribution in [3.63, 3.8) is 0 Å². The summed E-state index contributed by atoms with van der Waals surface area (Å²) in [4.78, 5) is 6.64. The van der Waals surface area contributed by atoms with Crippen LogP contribution in [0.5, 0.6) is 5.75 Å². The van der Waals surface area contributed by atoms with Gasteiger partial charge in [-0.3, -0.25) is 4.99 Å². The summed E-state index contributed by atoms with van der Waals surface area (Å²) in [5.41, 5.74) is 7.20. The zero-order valence-electron chi connectivity index (χ0n) is 11.3. The molecular weight excluding hydrogens is 258 g/mol. The van der Waals surface area contributed by atoms with Gasteiger partial charge in [-0.25, -0.2) is 0 Å². The predicted octanol–water partition coefficient (Wildman–Crippen LogP) is 1.60. The van der Waals surface area contributed by atoms with Crippen molar-refractivity contribution in [3.8, 4) is 5.75 Å². The Hall–Kier alpha value is -1.36. The van der Waals surface area contributed by atoms with Crippen molar-refractivity contribution in [1.29, 1.82) is 0 Å². The van der Waals surface area contributed by atoms with Crippen molar-refractivity contribution in [2.24, 2.45) is 10.7 Å². The molecule has 1 saturated heterocycles.